The van der Waals surface area contributed by atoms with E-state index in [2.05, 4.69) is 41.5 Å². The number of rotatable bonds is 10. The first-order valence-corrected chi connectivity index (χ1v) is 10.9. The molecule has 0 unspecified atom stereocenters. The Hall–Kier alpha value is -0.683. The first-order chi connectivity index (χ1) is 10.8. The molecule has 0 fully saturated rings. The normalized spacial score (nSPS) is 14.0. The summed E-state index contributed by atoms with van der Waals surface area (Å²) < 4.78 is 12.0. The summed E-state index contributed by atoms with van der Waals surface area (Å²) in [6.07, 6.45) is -0.568. The molecule has 1 N–H and O–H groups in total. The van der Waals surface area contributed by atoms with Gasteiger partial charge in [-0.3, -0.25) is 0 Å². The van der Waals surface area contributed by atoms with Crippen LogP contribution in [0.15, 0.2) is 30.3 Å². The molecular weight excluding hydrogens is 304 g/mol. The molecule has 1 atom stereocenters. The summed E-state index contributed by atoms with van der Waals surface area (Å²) in [7, 11) is -1.91. The minimum absolute atomic E-state index is 0.313. The van der Waals surface area contributed by atoms with E-state index in [-0.39, 0.29) is 0 Å². The van der Waals surface area contributed by atoms with E-state index < -0.39 is 14.4 Å². The van der Waals surface area contributed by atoms with Crippen molar-refractivity contribution in [1.29, 1.82) is 0 Å². The molecule has 23 heavy (non-hydrogen) atoms. The quantitative estimate of drug-likeness (QED) is 0.625. The van der Waals surface area contributed by atoms with Crippen molar-refractivity contribution in [2.45, 2.75) is 70.9 Å². The molecule has 0 spiro atoms. The standard InChI is InChI=1S/C19H34O3Si/c1-15(2)23(16(3)4,17(5)6)22-14-19(20)13-21-12-18-10-8-7-9-11-18/h7-11,15-17,19-20H,12-14H2,1-6H3/t19-/m0/s1. The average Bonchev–Trinajstić information content (AvgIpc) is 2.47. The SMILES string of the molecule is CC(C)[Si](OC[C@@H](O)COCc1ccccc1)(C(C)C)C(C)C. The molecule has 0 radical (unpaired) electrons. The van der Waals surface area contributed by atoms with Crippen LogP contribution >= 0.6 is 0 Å². The maximum Gasteiger partial charge on any atom is 0.200 e. The molecular formula is C19H34O3Si. The third-order valence-corrected chi connectivity index (χ3v) is 10.7. The zero-order valence-electron chi connectivity index (χ0n) is 15.6. The number of ether oxygens (including phenoxy) is 1. The molecule has 1 aromatic rings. The minimum atomic E-state index is -1.91. The van der Waals surface area contributed by atoms with Gasteiger partial charge in [0.1, 0.15) is 0 Å². The predicted molar refractivity (Wildman–Crippen MR) is 99.1 cm³/mol. The van der Waals surface area contributed by atoms with Crippen LogP contribution in [-0.4, -0.2) is 32.7 Å². The van der Waals surface area contributed by atoms with Gasteiger partial charge in [-0.1, -0.05) is 71.9 Å². The summed E-state index contributed by atoms with van der Waals surface area (Å²) in [6, 6.07) is 10.0. The van der Waals surface area contributed by atoms with E-state index in [0.29, 0.717) is 36.4 Å². The van der Waals surface area contributed by atoms with Crippen LogP contribution in [0.1, 0.15) is 47.1 Å². The fraction of sp³-hybridized carbons (Fsp3) is 0.684. The Kier molecular flexibility index (Phi) is 8.48. The molecule has 1 aromatic carbocycles. The van der Waals surface area contributed by atoms with E-state index in [0.717, 1.165) is 5.56 Å². The average molecular weight is 339 g/mol. The second kappa shape index (κ2) is 9.57. The van der Waals surface area contributed by atoms with Crippen molar-refractivity contribution < 1.29 is 14.3 Å². The highest BCUT2D eigenvalue weighted by Crippen LogP contribution is 2.42. The largest absolute Gasteiger partial charge is 0.413 e. The van der Waals surface area contributed by atoms with Crippen LogP contribution in [0.2, 0.25) is 16.6 Å². The van der Waals surface area contributed by atoms with Gasteiger partial charge in [0.2, 0.25) is 0 Å². The molecule has 0 saturated heterocycles. The minimum Gasteiger partial charge on any atom is -0.413 e. The fourth-order valence-corrected chi connectivity index (χ4v) is 9.16. The maximum absolute atomic E-state index is 10.2. The molecule has 0 bridgehead atoms. The Morgan fingerprint density at radius 3 is 1.87 bits per heavy atom. The highest BCUT2D eigenvalue weighted by atomic mass is 28.4. The van der Waals surface area contributed by atoms with Gasteiger partial charge in [0.05, 0.1) is 25.9 Å². The molecule has 0 amide bonds. The van der Waals surface area contributed by atoms with Crippen molar-refractivity contribution in [3.8, 4) is 0 Å². The van der Waals surface area contributed by atoms with E-state index in [1.807, 2.05) is 30.3 Å². The van der Waals surface area contributed by atoms with Gasteiger partial charge in [-0.05, 0) is 22.2 Å². The number of aliphatic hydroxyl groups is 1. The van der Waals surface area contributed by atoms with Crippen LogP contribution in [-0.2, 0) is 15.8 Å². The Morgan fingerprint density at radius 1 is 0.870 bits per heavy atom. The van der Waals surface area contributed by atoms with E-state index in [9.17, 15) is 5.11 Å². The molecule has 0 aliphatic heterocycles. The molecule has 0 aliphatic rings. The maximum atomic E-state index is 10.2. The van der Waals surface area contributed by atoms with Crippen LogP contribution in [0.3, 0.4) is 0 Å². The van der Waals surface area contributed by atoms with E-state index in [1.54, 1.807) is 0 Å². The first-order valence-electron chi connectivity index (χ1n) is 8.74. The fourth-order valence-electron chi connectivity index (χ4n) is 3.68. The summed E-state index contributed by atoms with van der Waals surface area (Å²) in [5.74, 6) is 0. The Labute approximate surface area is 143 Å². The number of hydrogen-bond acceptors (Lipinski definition) is 3. The number of aliphatic hydroxyl groups excluding tert-OH is 1. The van der Waals surface area contributed by atoms with Crippen molar-refractivity contribution in [3.63, 3.8) is 0 Å². The molecule has 3 nitrogen and oxygen atoms in total. The summed E-state index contributed by atoms with van der Waals surface area (Å²) in [4.78, 5) is 0. The second-order valence-corrected chi connectivity index (χ2v) is 12.7. The molecule has 4 heteroatoms. The van der Waals surface area contributed by atoms with Gasteiger partial charge in [0.25, 0.3) is 0 Å². The predicted octanol–water partition coefficient (Wildman–Crippen LogP) is 4.76. The Morgan fingerprint density at radius 2 is 1.39 bits per heavy atom. The number of benzene rings is 1. The monoisotopic (exact) mass is 338 g/mol. The summed E-state index contributed by atoms with van der Waals surface area (Å²) in [5, 5.41) is 10.2. The Balaban J connectivity index is 2.47. The van der Waals surface area contributed by atoms with Gasteiger partial charge in [-0.15, -0.1) is 0 Å². The highest BCUT2D eigenvalue weighted by Gasteiger charge is 2.45. The van der Waals surface area contributed by atoms with Gasteiger partial charge in [-0.25, -0.2) is 0 Å². The third-order valence-electron chi connectivity index (χ3n) is 4.65. The lowest BCUT2D eigenvalue weighted by Gasteiger charge is -2.42. The van der Waals surface area contributed by atoms with Crippen LogP contribution in [0.25, 0.3) is 0 Å². The van der Waals surface area contributed by atoms with E-state index in [4.69, 9.17) is 9.16 Å². The molecule has 0 heterocycles. The highest BCUT2D eigenvalue weighted by molar-refractivity contribution is 6.77. The van der Waals surface area contributed by atoms with Crippen LogP contribution in [0, 0.1) is 0 Å². The zero-order chi connectivity index (χ0) is 17.5. The van der Waals surface area contributed by atoms with Crippen molar-refractivity contribution in [1.82, 2.24) is 0 Å². The number of hydrogen-bond donors (Lipinski definition) is 1. The zero-order valence-corrected chi connectivity index (χ0v) is 16.6. The second-order valence-electron chi connectivity index (χ2n) is 7.28. The van der Waals surface area contributed by atoms with Crippen LogP contribution < -0.4 is 0 Å². The van der Waals surface area contributed by atoms with E-state index in [1.165, 1.54) is 0 Å². The van der Waals surface area contributed by atoms with Crippen LogP contribution in [0.4, 0.5) is 0 Å². The van der Waals surface area contributed by atoms with Gasteiger partial charge < -0.3 is 14.3 Å². The van der Waals surface area contributed by atoms with E-state index >= 15 is 0 Å². The summed E-state index contributed by atoms with van der Waals surface area (Å²) in [6.45, 7) is 14.7. The van der Waals surface area contributed by atoms with Gasteiger partial charge >= 0.3 is 0 Å². The first kappa shape index (κ1) is 20.4. The van der Waals surface area contributed by atoms with Crippen molar-refractivity contribution in [2.75, 3.05) is 13.2 Å². The molecule has 1 rings (SSSR count). The van der Waals surface area contributed by atoms with Crippen molar-refractivity contribution in [3.05, 3.63) is 35.9 Å². The molecule has 0 saturated carbocycles. The molecule has 0 aliphatic carbocycles. The summed E-state index contributed by atoms with van der Waals surface area (Å²) in [5.41, 5.74) is 2.70. The van der Waals surface area contributed by atoms with Crippen molar-refractivity contribution in [2.24, 2.45) is 0 Å². The lowest BCUT2D eigenvalue weighted by molar-refractivity contribution is 0.00197. The lowest BCUT2D eigenvalue weighted by atomic mass is 10.2. The third kappa shape index (κ3) is 5.71. The molecule has 132 valence electrons. The van der Waals surface area contributed by atoms with Crippen molar-refractivity contribution >= 4 is 8.32 Å². The lowest BCUT2D eigenvalue weighted by Crippen LogP contribution is -2.49. The molecule has 0 aromatic heterocycles. The van der Waals surface area contributed by atoms with Gasteiger partial charge in [0, 0.05) is 0 Å². The van der Waals surface area contributed by atoms with Crippen LogP contribution in [0.5, 0.6) is 0 Å². The smallest absolute Gasteiger partial charge is 0.200 e. The van der Waals surface area contributed by atoms with Gasteiger partial charge in [0.15, 0.2) is 8.32 Å². The summed E-state index contributed by atoms with van der Waals surface area (Å²) >= 11 is 0. The topological polar surface area (TPSA) is 38.7 Å². The van der Waals surface area contributed by atoms with Gasteiger partial charge in [-0.2, -0.15) is 0 Å². The Bertz CT molecular complexity index is 410.